The van der Waals surface area contributed by atoms with Crippen molar-refractivity contribution in [1.29, 1.82) is 0 Å². The Kier molecular flexibility index (Phi) is 4.59. The van der Waals surface area contributed by atoms with Crippen molar-refractivity contribution in [1.82, 2.24) is 0 Å². The van der Waals surface area contributed by atoms with Gasteiger partial charge in [-0.05, 0) is 0 Å². The average Bonchev–Trinajstić information content (AvgIpc) is 2.37. The first-order valence-corrected chi connectivity index (χ1v) is 15.5. The zero-order chi connectivity index (χ0) is 16.7. The van der Waals surface area contributed by atoms with Crippen LogP contribution in [-0.2, 0) is 12.5 Å². The zero-order valence-electron chi connectivity index (χ0n) is 15.4. The molecule has 0 unspecified atom stereocenters. The van der Waals surface area contributed by atoms with Gasteiger partial charge in [0.05, 0.1) is 0 Å². The van der Waals surface area contributed by atoms with E-state index in [4.69, 9.17) is 0 Å². The van der Waals surface area contributed by atoms with Gasteiger partial charge in [0, 0.05) is 0 Å². The molecule has 118 valence electrons. The second-order valence-electron chi connectivity index (χ2n) is 8.41. The molecule has 2 aromatic rings. The maximum absolute atomic E-state index is 2.49. The van der Waals surface area contributed by atoms with Crippen LogP contribution in [-0.4, -0.2) is 13.3 Å². The third-order valence-corrected chi connectivity index (χ3v) is 8.57. The van der Waals surface area contributed by atoms with Gasteiger partial charge >= 0.3 is 139 Å². The summed E-state index contributed by atoms with van der Waals surface area (Å²) < 4.78 is 3.93. The molecule has 0 fully saturated rings. The summed E-state index contributed by atoms with van der Waals surface area (Å²) in [4.78, 5) is 0. The summed E-state index contributed by atoms with van der Waals surface area (Å²) >= 11 is -1.94. The van der Waals surface area contributed by atoms with E-state index in [0.717, 1.165) is 0 Å². The molecule has 1 aromatic carbocycles. The van der Waals surface area contributed by atoms with Crippen LogP contribution in [0.15, 0.2) is 36.5 Å². The number of aromatic nitrogens is 1. The van der Waals surface area contributed by atoms with Crippen molar-refractivity contribution in [2.45, 2.75) is 50.4 Å². The second kappa shape index (κ2) is 5.84. The Hall–Kier alpha value is -1.09. The van der Waals surface area contributed by atoms with Crippen molar-refractivity contribution in [3.63, 3.8) is 0 Å². The van der Waals surface area contributed by atoms with Gasteiger partial charge in [0.2, 0.25) is 0 Å². The molecule has 2 heteroatoms. The van der Waals surface area contributed by atoms with Crippen molar-refractivity contribution >= 4 is 17.7 Å². The third-order valence-electron chi connectivity index (χ3n) is 4.31. The molecule has 0 N–H and O–H groups in total. The predicted molar refractivity (Wildman–Crippen MR) is 99.5 cm³/mol. The first kappa shape index (κ1) is 17.3. The Morgan fingerprint density at radius 2 is 1.59 bits per heavy atom. The van der Waals surface area contributed by atoms with Gasteiger partial charge in [-0.3, -0.25) is 0 Å². The van der Waals surface area contributed by atoms with Crippen molar-refractivity contribution in [2.75, 3.05) is 0 Å². The van der Waals surface area contributed by atoms with Crippen LogP contribution in [0.5, 0.6) is 0 Å². The molecule has 2 rings (SSSR count). The number of benzene rings is 1. The predicted octanol–water partition coefficient (Wildman–Crippen LogP) is 4.33. The Bertz CT molecular complexity index is 688. The van der Waals surface area contributed by atoms with Crippen LogP contribution in [0.3, 0.4) is 0 Å². The second-order valence-corrected chi connectivity index (χ2v) is 19.0. The Morgan fingerprint density at radius 1 is 1.00 bits per heavy atom. The van der Waals surface area contributed by atoms with Crippen LogP contribution in [0, 0.1) is 6.92 Å². The molecule has 0 radical (unpaired) electrons. The summed E-state index contributed by atoms with van der Waals surface area (Å²) in [6.45, 7) is 9.18. The van der Waals surface area contributed by atoms with Crippen LogP contribution < -0.4 is 8.96 Å². The Morgan fingerprint density at radius 3 is 2.09 bits per heavy atom. The summed E-state index contributed by atoms with van der Waals surface area (Å²) in [7, 11) is 2.18. The average molecular weight is 357 g/mol. The van der Waals surface area contributed by atoms with E-state index in [1.165, 1.54) is 22.4 Å². The summed E-state index contributed by atoms with van der Waals surface area (Å²) in [5, 5.41) is 0. The van der Waals surface area contributed by atoms with E-state index in [0.29, 0.717) is 0 Å². The zero-order valence-corrected chi connectivity index (χ0v) is 17.5. The van der Waals surface area contributed by atoms with E-state index in [1.54, 1.807) is 4.40 Å². The number of pyridine rings is 1. The topological polar surface area (TPSA) is 3.88 Å². The molecule has 0 aliphatic rings. The van der Waals surface area contributed by atoms with Gasteiger partial charge < -0.3 is 0 Å². The van der Waals surface area contributed by atoms with Crippen LogP contribution in [0.4, 0.5) is 0 Å². The molecule has 0 spiro atoms. The van der Waals surface area contributed by atoms with E-state index in [9.17, 15) is 0 Å². The third kappa shape index (κ3) is 3.45. The number of hydrogen-bond acceptors (Lipinski definition) is 0. The molecule has 0 aliphatic heterocycles. The number of hydrogen-bond donors (Lipinski definition) is 0. The first-order valence-electron chi connectivity index (χ1n) is 8.12. The first-order chi connectivity index (χ1) is 10.0. The van der Waals surface area contributed by atoms with Gasteiger partial charge in [0.15, 0.2) is 0 Å². The van der Waals surface area contributed by atoms with E-state index >= 15 is 0 Å². The molecule has 1 aromatic heterocycles. The molecule has 0 bridgehead atoms. The molecule has 0 aliphatic carbocycles. The van der Waals surface area contributed by atoms with Crippen LogP contribution in [0.2, 0.25) is 17.3 Å². The van der Waals surface area contributed by atoms with E-state index in [1.807, 2.05) is 0 Å². The fourth-order valence-electron chi connectivity index (χ4n) is 3.00. The number of nitrogens with zero attached hydrogens (tertiary/aromatic N) is 1. The fourth-order valence-corrected chi connectivity index (χ4v) is 6.81. The molecule has 1 nitrogen and oxygen atoms in total. The number of aryl methyl sites for hydroxylation is 2. The molecular weight excluding hydrogens is 327 g/mol. The van der Waals surface area contributed by atoms with Crippen molar-refractivity contribution in [3.8, 4) is 11.3 Å². The minimum absolute atomic E-state index is 0.190. The monoisotopic (exact) mass is 358 g/mol. The Balaban J connectivity index is 2.77. The van der Waals surface area contributed by atoms with Gasteiger partial charge in [-0.1, -0.05) is 0 Å². The summed E-state index contributed by atoms with van der Waals surface area (Å²) in [6, 6.07) is 11.2. The molecule has 0 saturated heterocycles. The van der Waals surface area contributed by atoms with Gasteiger partial charge in [0.1, 0.15) is 0 Å². The van der Waals surface area contributed by atoms with Crippen LogP contribution >= 0.6 is 0 Å². The molecule has 0 amide bonds. The van der Waals surface area contributed by atoms with E-state index < -0.39 is 13.3 Å². The maximum atomic E-state index is 2.49. The van der Waals surface area contributed by atoms with Gasteiger partial charge in [-0.25, -0.2) is 0 Å². The van der Waals surface area contributed by atoms with Crippen LogP contribution in [0.25, 0.3) is 11.3 Å². The quantitative estimate of drug-likeness (QED) is 0.557. The molecule has 22 heavy (non-hydrogen) atoms. The van der Waals surface area contributed by atoms with Crippen molar-refractivity contribution < 1.29 is 4.57 Å². The SMILES string of the molecule is Cc1ccccc1-c1c[c]([Ge]([CH3])([CH3])[CH3])c(C(C)(C)C)c[n+]1C. The van der Waals surface area contributed by atoms with E-state index in [-0.39, 0.29) is 5.41 Å². The van der Waals surface area contributed by atoms with Gasteiger partial charge in [0.25, 0.3) is 0 Å². The number of rotatable bonds is 2. The normalized spacial score (nSPS) is 12.5. The molecule has 0 saturated carbocycles. The van der Waals surface area contributed by atoms with Gasteiger partial charge in [-0.2, -0.15) is 0 Å². The van der Waals surface area contributed by atoms with Crippen LogP contribution in [0.1, 0.15) is 31.9 Å². The standard InChI is InChI=1S/C20H30GeN/c1-15-11-9-10-12-16(15)19-13-18(21(5,6)7)17(14-22(19)8)20(2,3)4/h9-14H,1-8H3/q+1. The molecular formula is C20H30GeN+. The minimum atomic E-state index is -1.94. The summed E-state index contributed by atoms with van der Waals surface area (Å²) in [5.41, 5.74) is 5.73. The molecule has 0 atom stereocenters. The summed E-state index contributed by atoms with van der Waals surface area (Å²) in [6.07, 6.45) is 2.37. The van der Waals surface area contributed by atoms with Crippen molar-refractivity contribution in [3.05, 3.63) is 47.7 Å². The molecule has 1 heterocycles. The fraction of sp³-hybridized carbons (Fsp3) is 0.450. The van der Waals surface area contributed by atoms with Crippen molar-refractivity contribution in [2.24, 2.45) is 7.05 Å². The van der Waals surface area contributed by atoms with Gasteiger partial charge in [-0.15, -0.1) is 0 Å². The Labute approximate surface area is 138 Å². The van der Waals surface area contributed by atoms with E-state index in [2.05, 4.69) is 93.1 Å². The summed E-state index contributed by atoms with van der Waals surface area (Å²) in [5.74, 6) is 7.48.